The number of benzene rings is 1. The van der Waals surface area contributed by atoms with Crippen molar-refractivity contribution in [3.05, 3.63) is 49.9 Å². The fourth-order valence-electron chi connectivity index (χ4n) is 1.56. The van der Waals surface area contributed by atoms with Gasteiger partial charge in [-0.1, -0.05) is 6.07 Å². The molecule has 90 valence electrons. The molecule has 1 aromatic heterocycles. The zero-order chi connectivity index (χ0) is 12.4. The lowest BCUT2D eigenvalue weighted by Crippen LogP contribution is -2.05. The Bertz CT molecular complexity index is 524. The van der Waals surface area contributed by atoms with Crippen LogP contribution < -0.4 is 5.32 Å². The van der Waals surface area contributed by atoms with Crippen molar-refractivity contribution in [3.63, 3.8) is 0 Å². The van der Waals surface area contributed by atoms with Crippen LogP contribution >= 0.6 is 38.5 Å². The Morgan fingerprint density at radius 2 is 2.06 bits per heavy atom. The molecule has 1 atom stereocenters. The highest BCUT2D eigenvalue weighted by atomic mass is 127. The monoisotopic (exact) mass is 405 g/mol. The van der Waals surface area contributed by atoms with Gasteiger partial charge in [0.25, 0.3) is 0 Å². The van der Waals surface area contributed by atoms with Crippen LogP contribution in [0.25, 0.3) is 0 Å². The molecule has 0 bridgehead atoms. The molecule has 4 heteroatoms. The first-order valence-corrected chi connectivity index (χ1v) is 7.21. The third kappa shape index (κ3) is 3.25. The van der Waals surface area contributed by atoms with Crippen molar-refractivity contribution < 1.29 is 4.42 Å². The Hall–Kier alpha value is -0.490. The predicted octanol–water partition coefficient (Wildman–Crippen LogP) is 5.13. The topological polar surface area (TPSA) is 25.2 Å². The molecule has 0 radical (unpaired) electrons. The highest BCUT2D eigenvalue weighted by molar-refractivity contribution is 14.1. The third-order valence-electron chi connectivity index (χ3n) is 2.58. The van der Waals surface area contributed by atoms with Crippen LogP contribution in [-0.2, 0) is 0 Å². The van der Waals surface area contributed by atoms with Gasteiger partial charge in [-0.2, -0.15) is 0 Å². The molecule has 0 aliphatic carbocycles. The van der Waals surface area contributed by atoms with E-state index in [4.69, 9.17) is 4.42 Å². The minimum Gasteiger partial charge on any atom is -0.452 e. The molecule has 1 N–H and O–H groups in total. The normalized spacial score (nSPS) is 12.5. The molecule has 0 aliphatic rings. The van der Waals surface area contributed by atoms with Gasteiger partial charge in [-0.3, -0.25) is 0 Å². The first-order valence-electron chi connectivity index (χ1n) is 5.34. The molecule has 0 saturated carbocycles. The third-order valence-corrected chi connectivity index (χ3v) is 4.16. The van der Waals surface area contributed by atoms with E-state index in [1.54, 1.807) is 0 Å². The summed E-state index contributed by atoms with van der Waals surface area (Å²) < 4.78 is 7.55. The summed E-state index contributed by atoms with van der Waals surface area (Å²) in [5.41, 5.74) is 2.41. The molecule has 0 aliphatic heterocycles. The van der Waals surface area contributed by atoms with Crippen LogP contribution in [0.1, 0.15) is 24.3 Å². The molecule has 0 saturated heterocycles. The van der Waals surface area contributed by atoms with Crippen LogP contribution in [0.5, 0.6) is 0 Å². The summed E-state index contributed by atoms with van der Waals surface area (Å²) in [5.74, 6) is 0.924. The number of hydrogen-bond donors (Lipinski definition) is 1. The second-order valence-electron chi connectivity index (χ2n) is 3.97. The molecule has 17 heavy (non-hydrogen) atoms. The van der Waals surface area contributed by atoms with E-state index < -0.39 is 0 Å². The van der Waals surface area contributed by atoms with Crippen LogP contribution in [0, 0.1) is 10.5 Å². The molecule has 2 rings (SSSR count). The highest BCUT2D eigenvalue weighted by Gasteiger charge is 2.09. The summed E-state index contributed by atoms with van der Waals surface area (Å²) in [4.78, 5) is 0. The standard InChI is InChI=1S/C13H13BrINO/c1-8-3-4-10(7-11(8)15)16-9(2)12-5-6-13(14)17-12/h3-7,9,16H,1-2H3. The Kier molecular flexibility index (Phi) is 4.14. The Balaban J connectivity index is 2.12. The van der Waals surface area contributed by atoms with Gasteiger partial charge < -0.3 is 9.73 Å². The number of rotatable bonds is 3. The lowest BCUT2D eigenvalue weighted by molar-refractivity contribution is 0.471. The Labute approximate surface area is 123 Å². The van der Waals surface area contributed by atoms with Crippen molar-refractivity contribution in [3.8, 4) is 0 Å². The molecule has 1 unspecified atom stereocenters. The van der Waals surface area contributed by atoms with Crippen molar-refractivity contribution in [1.82, 2.24) is 0 Å². The van der Waals surface area contributed by atoms with Gasteiger partial charge in [0.15, 0.2) is 4.67 Å². The lowest BCUT2D eigenvalue weighted by atomic mass is 10.2. The molecular formula is C13H13BrINO. The van der Waals surface area contributed by atoms with Crippen LogP contribution in [0.3, 0.4) is 0 Å². The minimum absolute atomic E-state index is 0.153. The van der Waals surface area contributed by atoms with E-state index in [9.17, 15) is 0 Å². The van der Waals surface area contributed by atoms with Gasteiger partial charge in [0, 0.05) is 9.26 Å². The molecular weight excluding hydrogens is 393 g/mol. The number of nitrogens with one attached hydrogen (secondary N) is 1. The van der Waals surface area contributed by atoms with Crippen molar-refractivity contribution in [2.45, 2.75) is 19.9 Å². The second kappa shape index (κ2) is 5.44. The SMILES string of the molecule is Cc1ccc(NC(C)c2ccc(Br)o2)cc1I. The summed E-state index contributed by atoms with van der Waals surface area (Å²) in [5, 5.41) is 3.42. The number of anilines is 1. The fraction of sp³-hybridized carbons (Fsp3) is 0.231. The van der Waals surface area contributed by atoms with E-state index in [0.29, 0.717) is 0 Å². The van der Waals surface area contributed by atoms with Crippen LogP contribution in [-0.4, -0.2) is 0 Å². The lowest BCUT2D eigenvalue weighted by Gasteiger charge is -2.13. The minimum atomic E-state index is 0.153. The molecule has 0 fully saturated rings. The van der Waals surface area contributed by atoms with Gasteiger partial charge in [0.2, 0.25) is 0 Å². The summed E-state index contributed by atoms with van der Waals surface area (Å²) in [6.07, 6.45) is 0. The Morgan fingerprint density at radius 1 is 1.29 bits per heavy atom. The van der Waals surface area contributed by atoms with Crippen LogP contribution in [0.15, 0.2) is 39.4 Å². The van der Waals surface area contributed by atoms with Crippen molar-refractivity contribution in [2.75, 3.05) is 5.32 Å². The molecule has 2 nitrogen and oxygen atoms in total. The van der Waals surface area contributed by atoms with Crippen LogP contribution in [0.2, 0.25) is 0 Å². The Morgan fingerprint density at radius 3 is 2.65 bits per heavy atom. The van der Waals surface area contributed by atoms with E-state index in [1.165, 1.54) is 9.13 Å². The van der Waals surface area contributed by atoms with Crippen molar-refractivity contribution in [2.24, 2.45) is 0 Å². The molecule has 0 spiro atoms. The van der Waals surface area contributed by atoms with E-state index in [-0.39, 0.29) is 6.04 Å². The van der Waals surface area contributed by atoms with Gasteiger partial charge in [0.05, 0.1) is 6.04 Å². The largest absolute Gasteiger partial charge is 0.452 e. The average molecular weight is 406 g/mol. The first kappa shape index (κ1) is 13.0. The number of furan rings is 1. The van der Waals surface area contributed by atoms with Crippen molar-refractivity contribution >= 4 is 44.2 Å². The van der Waals surface area contributed by atoms with Gasteiger partial charge in [-0.05, 0) is 82.2 Å². The maximum Gasteiger partial charge on any atom is 0.169 e. The van der Waals surface area contributed by atoms with Gasteiger partial charge in [-0.25, -0.2) is 0 Å². The van der Waals surface area contributed by atoms with Crippen molar-refractivity contribution in [1.29, 1.82) is 0 Å². The zero-order valence-corrected chi connectivity index (χ0v) is 13.4. The number of aryl methyl sites for hydroxylation is 1. The summed E-state index contributed by atoms with van der Waals surface area (Å²) in [6, 6.07) is 10.4. The van der Waals surface area contributed by atoms with E-state index in [2.05, 4.69) is 75.9 Å². The zero-order valence-electron chi connectivity index (χ0n) is 9.63. The average Bonchev–Trinajstić information content (AvgIpc) is 2.70. The van der Waals surface area contributed by atoms with Crippen LogP contribution in [0.4, 0.5) is 5.69 Å². The molecule has 2 aromatic rings. The quantitative estimate of drug-likeness (QED) is 0.716. The fourth-order valence-corrected chi connectivity index (χ4v) is 2.40. The van der Waals surface area contributed by atoms with Gasteiger partial charge in [0.1, 0.15) is 5.76 Å². The smallest absolute Gasteiger partial charge is 0.169 e. The maximum atomic E-state index is 5.52. The highest BCUT2D eigenvalue weighted by Crippen LogP contribution is 2.25. The number of hydrogen-bond acceptors (Lipinski definition) is 2. The molecule has 0 amide bonds. The summed E-state index contributed by atoms with van der Waals surface area (Å²) in [6.45, 7) is 4.19. The number of halogens is 2. The van der Waals surface area contributed by atoms with Gasteiger partial charge >= 0.3 is 0 Å². The molecule has 1 heterocycles. The molecule has 1 aromatic carbocycles. The second-order valence-corrected chi connectivity index (χ2v) is 5.92. The predicted molar refractivity (Wildman–Crippen MR) is 82.3 cm³/mol. The maximum absolute atomic E-state index is 5.52. The summed E-state index contributed by atoms with van der Waals surface area (Å²) in [7, 11) is 0. The van der Waals surface area contributed by atoms with E-state index >= 15 is 0 Å². The van der Waals surface area contributed by atoms with E-state index in [1.807, 2.05) is 12.1 Å². The van der Waals surface area contributed by atoms with Gasteiger partial charge in [-0.15, -0.1) is 0 Å². The van der Waals surface area contributed by atoms with E-state index in [0.717, 1.165) is 16.1 Å². The first-order chi connectivity index (χ1) is 8.06. The summed E-state index contributed by atoms with van der Waals surface area (Å²) >= 11 is 5.66.